The van der Waals surface area contributed by atoms with Crippen LogP contribution in [0, 0.1) is 0 Å². The largest absolute Gasteiger partial charge is 0.135 e. The van der Waals surface area contributed by atoms with Crippen LogP contribution in [0.25, 0.3) is 0 Å². The van der Waals surface area contributed by atoms with E-state index >= 15 is 0 Å². The van der Waals surface area contributed by atoms with Crippen LogP contribution in [0.3, 0.4) is 0 Å². The van der Waals surface area contributed by atoms with Gasteiger partial charge in [0.25, 0.3) is 0 Å². The van der Waals surface area contributed by atoms with Crippen LogP contribution < -0.4 is 0 Å². The van der Waals surface area contributed by atoms with Gasteiger partial charge in [0.2, 0.25) is 0 Å². The fourth-order valence-corrected chi connectivity index (χ4v) is 18.2. The van der Waals surface area contributed by atoms with Gasteiger partial charge in [-0.05, 0) is 4.64 Å². The Kier molecular flexibility index (Phi) is 5.73. The van der Waals surface area contributed by atoms with Gasteiger partial charge < -0.3 is 0 Å². The lowest BCUT2D eigenvalue weighted by atomic mass is 12.5. The van der Waals surface area contributed by atoms with Crippen LogP contribution in [0.4, 0.5) is 0 Å². The second-order valence-electron chi connectivity index (χ2n) is 1.58. The Balaban J connectivity index is 3.00. The molecule has 0 aromatic rings. The molecule has 0 aliphatic carbocycles. The summed E-state index contributed by atoms with van der Waals surface area (Å²) < 4.78 is 3.12. The molecule has 1 rings (SSSR count). The van der Waals surface area contributed by atoms with Crippen molar-refractivity contribution in [2.75, 3.05) is 0 Å². The second kappa shape index (κ2) is 5.30. The van der Waals surface area contributed by atoms with Crippen molar-refractivity contribution in [1.29, 1.82) is 0 Å². The predicted octanol–water partition coefficient (Wildman–Crippen LogP) is 5.23. The highest BCUT2D eigenvalue weighted by molar-refractivity contribution is 8.60. The van der Waals surface area contributed by atoms with E-state index in [0.717, 1.165) is 13.2 Å². The SMILES string of the molecule is ClN1N(Cl)P(Cl)[PH](Cl)=[PH](Cl)N1Cl. The molecule has 1 aliphatic rings. The van der Waals surface area contributed by atoms with Gasteiger partial charge in [-0.25, -0.2) is 0 Å². The zero-order chi connectivity index (χ0) is 9.46. The molecular formula is H2Cl6N3P3. The quantitative estimate of drug-likeness (QED) is 0.438. The molecule has 0 aromatic heterocycles. The number of rotatable bonds is 0. The minimum absolute atomic E-state index is 0.944. The van der Waals surface area contributed by atoms with E-state index in [4.69, 9.17) is 69.1 Å². The van der Waals surface area contributed by atoms with Crippen molar-refractivity contribution in [2.24, 2.45) is 0 Å². The molecule has 3 unspecified atom stereocenters. The maximum absolute atomic E-state index is 5.95. The van der Waals surface area contributed by atoms with E-state index in [-0.39, 0.29) is 0 Å². The summed E-state index contributed by atoms with van der Waals surface area (Å²) in [4.78, 5) is 0. The minimum atomic E-state index is -1.58. The number of nitrogens with zero attached hydrogens (tertiary/aromatic N) is 3. The first kappa shape index (κ1) is 13.0. The molecule has 0 saturated carbocycles. The average molecular weight is 350 g/mol. The van der Waals surface area contributed by atoms with Crippen molar-refractivity contribution in [3.63, 3.8) is 0 Å². The van der Waals surface area contributed by atoms with Gasteiger partial charge in [0, 0.05) is 41.6 Å². The molecule has 0 amide bonds. The first-order valence-corrected chi connectivity index (χ1v) is 12.4. The van der Waals surface area contributed by atoms with Gasteiger partial charge in [-0.2, -0.15) is 0 Å². The Hall–Kier alpha value is 2.91. The van der Waals surface area contributed by atoms with E-state index in [1.54, 1.807) is 0 Å². The third-order valence-corrected chi connectivity index (χ3v) is 24.1. The van der Waals surface area contributed by atoms with E-state index in [1.807, 2.05) is 0 Å². The molecule has 0 bridgehead atoms. The van der Waals surface area contributed by atoms with E-state index < -0.39 is 20.1 Å². The van der Waals surface area contributed by atoms with Crippen molar-refractivity contribution in [2.45, 2.75) is 0 Å². The lowest BCUT2D eigenvalue weighted by Gasteiger charge is -2.35. The topological polar surface area (TPSA) is 9.72 Å². The molecule has 74 valence electrons. The highest BCUT2D eigenvalue weighted by atomic mass is 35.7. The van der Waals surface area contributed by atoms with Gasteiger partial charge in [0.1, 0.15) is 7.11 Å². The number of hydrogen-bond donors (Lipinski definition) is 0. The summed E-state index contributed by atoms with van der Waals surface area (Å²) in [5.41, 5.74) is 0. The van der Waals surface area contributed by atoms with E-state index in [1.165, 1.54) is 0 Å². The summed E-state index contributed by atoms with van der Waals surface area (Å²) in [5.74, 6) is 0. The highest BCUT2D eigenvalue weighted by Gasteiger charge is 2.35. The maximum Gasteiger partial charge on any atom is 0.135 e. The first-order valence-electron chi connectivity index (χ1n) is 2.35. The zero-order valence-electron chi connectivity index (χ0n) is 5.06. The molecular weight excluding hydrogens is 348 g/mol. The minimum Gasteiger partial charge on any atom is -0.0912 e. The summed E-state index contributed by atoms with van der Waals surface area (Å²) >= 11 is 34.7. The van der Waals surface area contributed by atoms with Crippen LogP contribution in [0.5, 0.6) is 0 Å². The first-order chi connectivity index (χ1) is 5.46. The molecule has 0 radical (unpaired) electrons. The van der Waals surface area contributed by atoms with Gasteiger partial charge in [-0.15, -0.1) is 0 Å². The standard InChI is InChI=1S/Cl6H2N3P3/c1-7-8(2)10(4)12(6)11(5)9(7)3/h10,12H. The van der Waals surface area contributed by atoms with Gasteiger partial charge in [0.05, 0.1) is 6.71 Å². The van der Waals surface area contributed by atoms with Crippen LogP contribution in [-0.4, -0.2) is 13.2 Å². The van der Waals surface area contributed by atoms with Gasteiger partial charge in [0.15, 0.2) is 0 Å². The van der Waals surface area contributed by atoms with Crippen LogP contribution in [-0.2, 0) is 0 Å². The van der Waals surface area contributed by atoms with Crippen molar-refractivity contribution < 1.29 is 0 Å². The summed E-state index contributed by atoms with van der Waals surface area (Å²) in [7, 11) is -1.20. The molecule has 3 atom stereocenters. The third-order valence-electron chi connectivity index (χ3n) is 0.920. The van der Waals surface area contributed by atoms with Crippen LogP contribution in [0.15, 0.2) is 0 Å². The van der Waals surface area contributed by atoms with Crippen molar-refractivity contribution in [3.8, 4) is 0 Å². The summed E-state index contributed by atoms with van der Waals surface area (Å²) in [6.07, 6.45) is -1.45. The average Bonchev–Trinajstić information content (AvgIpc) is 2.08. The monoisotopic (exact) mass is 347 g/mol. The van der Waals surface area contributed by atoms with E-state index in [2.05, 4.69) is 0 Å². The van der Waals surface area contributed by atoms with Gasteiger partial charge >= 0.3 is 0 Å². The van der Waals surface area contributed by atoms with Gasteiger partial charge in [-0.3, -0.25) is 0 Å². The molecule has 0 spiro atoms. The van der Waals surface area contributed by atoms with Gasteiger partial charge in [-0.1, -0.05) is 42.3 Å². The van der Waals surface area contributed by atoms with Crippen molar-refractivity contribution in [1.82, 2.24) is 13.2 Å². The zero-order valence-corrected chi connectivity index (χ0v) is 12.5. The summed E-state index contributed by atoms with van der Waals surface area (Å²) in [5, 5.41) is 0. The van der Waals surface area contributed by atoms with Crippen LogP contribution in [0.2, 0.25) is 0 Å². The number of hydrogen-bond acceptors (Lipinski definition) is 3. The predicted molar refractivity (Wildman–Crippen MR) is 64.2 cm³/mol. The lowest BCUT2D eigenvalue weighted by molar-refractivity contribution is 0.169. The number of halogens is 6. The molecule has 0 aromatic carbocycles. The Bertz CT molecular complexity index is 196. The molecule has 0 fully saturated rings. The van der Waals surface area contributed by atoms with Crippen LogP contribution >= 0.6 is 89.1 Å². The number of hydrazine groups is 2. The Labute approximate surface area is 102 Å². The molecule has 12 heteroatoms. The molecule has 12 heavy (non-hydrogen) atoms. The highest BCUT2D eigenvalue weighted by Crippen LogP contribution is 2.84. The van der Waals surface area contributed by atoms with Crippen molar-refractivity contribution >= 4 is 89.1 Å². The fourth-order valence-electron chi connectivity index (χ4n) is 0.427. The smallest absolute Gasteiger partial charge is 0.0912 e. The second-order valence-corrected chi connectivity index (χ2v) is 19.0. The maximum atomic E-state index is 5.95. The van der Waals surface area contributed by atoms with Crippen molar-refractivity contribution in [3.05, 3.63) is 0 Å². The Morgan fingerprint density at radius 2 is 1.58 bits per heavy atom. The lowest BCUT2D eigenvalue weighted by Crippen LogP contribution is -2.30. The van der Waals surface area contributed by atoms with E-state index in [0.29, 0.717) is 0 Å². The molecule has 3 nitrogen and oxygen atoms in total. The van der Waals surface area contributed by atoms with Crippen LogP contribution in [0.1, 0.15) is 0 Å². The Morgan fingerprint density at radius 1 is 1.08 bits per heavy atom. The molecule has 0 saturated heterocycles. The summed E-state index contributed by atoms with van der Waals surface area (Å²) in [6, 6.07) is 0. The normalized spacial score (nSPS) is 42.0. The molecule has 1 aliphatic heterocycles. The van der Waals surface area contributed by atoms with E-state index in [9.17, 15) is 0 Å². The third kappa shape index (κ3) is 2.53. The fraction of sp³-hybridized carbons (Fsp3) is 0. The molecule has 1 heterocycles. The molecule has 0 N–H and O–H groups in total. The summed E-state index contributed by atoms with van der Waals surface area (Å²) in [6.45, 7) is -1.58. The Morgan fingerprint density at radius 3 is 2.08 bits per heavy atom.